The summed E-state index contributed by atoms with van der Waals surface area (Å²) in [5, 5.41) is 11.7. The highest BCUT2D eigenvalue weighted by Gasteiger charge is 2.16. The first-order valence-electron chi connectivity index (χ1n) is 7.25. The molecule has 0 aromatic heterocycles. The number of hydrogen-bond acceptors (Lipinski definition) is 4. The molecule has 0 unspecified atom stereocenters. The number of carboxylic acids is 1. The largest absolute Gasteiger partial charge is 0.477 e. The summed E-state index contributed by atoms with van der Waals surface area (Å²) in [4.78, 5) is 23.6. The van der Waals surface area contributed by atoms with Crippen LogP contribution < -0.4 is 14.8 Å². The van der Waals surface area contributed by atoms with E-state index < -0.39 is 11.9 Å². The molecule has 0 aliphatic carbocycles. The highest BCUT2D eigenvalue weighted by Crippen LogP contribution is 2.33. The van der Waals surface area contributed by atoms with Crippen LogP contribution in [-0.4, -0.2) is 23.8 Å². The van der Waals surface area contributed by atoms with E-state index in [4.69, 9.17) is 9.47 Å². The van der Waals surface area contributed by atoms with Gasteiger partial charge in [-0.1, -0.05) is 23.8 Å². The van der Waals surface area contributed by atoms with Crippen molar-refractivity contribution < 1.29 is 24.2 Å². The second-order valence-electron chi connectivity index (χ2n) is 5.30. The van der Waals surface area contributed by atoms with Gasteiger partial charge >= 0.3 is 5.97 Å². The molecule has 1 amide bonds. The molecule has 0 atom stereocenters. The van der Waals surface area contributed by atoms with Crippen molar-refractivity contribution in [3.05, 3.63) is 64.9 Å². The fourth-order valence-electron chi connectivity index (χ4n) is 2.22. The Morgan fingerprint density at radius 2 is 1.79 bits per heavy atom. The van der Waals surface area contributed by atoms with Gasteiger partial charge in [0.25, 0.3) is 5.91 Å². The van der Waals surface area contributed by atoms with E-state index in [1.807, 2.05) is 6.92 Å². The summed E-state index contributed by atoms with van der Waals surface area (Å²) in [6.07, 6.45) is 1.37. The highest BCUT2D eigenvalue weighted by molar-refractivity contribution is 6.02. The normalized spacial score (nSPS) is 12.8. The molecule has 0 saturated heterocycles. The summed E-state index contributed by atoms with van der Waals surface area (Å²) >= 11 is 0. The Bertz CT molecular complexity index is 824. The van der Waals surface area contributed by atoms with Gasteiger partial charge in [0, 0.05) is 5.56 Å². The van der Waals surface area contributed by atoms with Crippen LogP contribution in [0, 0.1) is 6.92 Å². The van der Waals surface area contributed by atoms with Gasteiger partial charge < -0.3 is 19.9 Å². The number of aliphatic carboxylic acids is 1. The van der Waals surface area contributed by atoms with Crippen molar-refractivity contribution >= 4 is 18.0 Å². The topological polar surface area (TPSA) is 84.9 Å². The van der Waals surface area contributed by atoms with E-state index in [1.165, 1.54) is 6.08 Å². The lowest BCUT2D eigenvalue weighted by Gasteiger charge is -2.07. The Morgan fingerprint density at radius 1 is 1.08 bits per heavy atom. The minimum Gasteiger partial charge on any atom is -0.477 e. The third-order valence-corrected chi connectivity index (χ3v) is 3.50. The van der Waals surface area contributed by atoms with Crippen LogP contribution in [0.3, 0.4) is 0 Å². The number of carboxylic acid groups (broad SMARTS) is 1. The quantitative estimate of drug-likeness (QED) is 0.844. The van der Waals surface area contributed by atoms with E-state index in [0.717, 1.165) is 5.56 Å². The number of ether oxygens (including phenoxy) is 2. The molecule has 24 heavy (non-hydrogen) atoms. The van der Waals surface area contributed by atoms with Gasteiger partial charge in [0.1, 0.15) is 5.70 Å². The minimum absolute atomic E-state index is 0.137. The van der Waals surface area contributed by atoms with Gasteiger partial charge in [0.2, 0.25) is 6.79 Å². The van der Waals surface area contributed by atoms with E-state index in [1.54, 1.807) is 42.5 Å². The second kappa shape index (κ2) is 6.45. The molecule has 6 nitrogen and oxygen atoms in total. The van der Waals surface area contributed by atoms with Gasteiger partial charge in [-0.3, -0.25) is 4.79 Å². The summed E-state index contributed by atoms with van der Waals surface area (Å²) in [5.74, 6) is -0.566. The third-order valence-electron chi connectivity index (χ3n) is 3.50. The molecule has 122 valence electrons. The van der Waals surface area contributed by atoms with Crippen LogP contribution in [0.25, 0.3) is 6.08 Å². The Kier molecular flexibility index (Phi) is 4.20. The van der Waals surface area contributed by atoms with Crippen molar-refractivity contribution in [1.29, 1.82) is 0 Å². The van der Waals surface area contributed by atoms with Crippen molar-refractivity contribution in [2.24, 2.45) is 0 Å². The zero-order valence-electron chi connectivity index (χ0n) is 12.9. The average molecular weight is 325 g/mol. The SMILES string of the molecule is Cc1ccc(C(=O)N/C(=C/c2ccc3c(c2)OCO3)C(=O)O)cc1. The molecule has 2 aromatic rings. The van der Waals surface area contributed by atoms with E-state index in [9.17, 15) is 14.7 Å². The molecular weight excluding hydrogens is 310 g/mol. The number of carbonyl (C=O) groups is 2. The molecule has 1 aliphatic heterocycles. The third kappa shape index (κ3) is 3.38. The number of nitrogens with one attached hydrogen (secondary N) is 1. The van der Waals surface area contributed by atoms with E-state index in [-0.39, 0.29) is 12.5 Å². The molecule has 0 spiro atoms. The molecule has 2 N–H and O–H groups in total. The lowest BCUT2D eigenvalue weighted by molar-refractivity contribution is -0.132. The standard InChI is InChI=1S/C18H15NO5/c1-11-2-5-13(6-3-11)17(20)19-14(18(21)22)8-12-4-7-15-16(9-12)24-10-23-15/h2-9H,10H2,1H3,(H,19,20)(H,21,22)/b14-8+. The average Bonchev–Trinajstić information content (AvgIpc) is 3.02. The first-order valence-corrected chi connectivity index (χ1v) is 7.25. The number of amides is 1. The van der Waals surface area contributed by atoms with Crippen LogP contribution in [0.4, 0.5) is 0 Å². The molecule has 6 heteroatoms. The zero-order chi connectivity index (χ0) is 17.1. The van der Waals surface area contributed by atoms with E-state index in [0.29, 0.717) is 22.6 Å². The minimum atomic E-state index is -1.23. The van der Waals surface area contributed by atoms with Crippen molar-refractivity contribution in [2.75, 3.05) is 6.79 Å². The molecule has 0 fully saturated rings. The molecule has 0 saturated carbocycles. The fraction of sp³-hybridized carbons (Fsp3) is 0.111. The summed E-state index contributed by atoms with van der Waals surface area (Å²) in [7, 11) is 0. The predicted octanol–water partition coefficient (Wildman–Crippen LogP) is 2.58. The Labute approximate surface area is 138 Å². The molecular formula is C18H15NO5. The molecule has 1 heterocycles. The summed E-state index contributed by atoms with van der Waals surface area (Å²) in [6.45, 7) is 2.04. The van der Waals surface area contributed by atoms with Crippen LogP contribution in [0.2, 0.25) is 0 Å². The van der Waals surface area contributed by atoms with Crippen LogP contribution in [0.1, 0.15) is 21.5 Å². The first kappa shape index (κ1) is 15.6. The Hall–Kier alpha value is -3.28. The first-order chi connectivity index (χ1) is 11.5. The number of aryl methyl sites for hydroxylation is 1. The summed E-state index contributed by atoms with van der Waals surface area (Å²) in [6, 6.07) is 11.9. The molecule has 1 aliphatic rings. The highest BCUT2D eigenvalue weighted by atomic mass is 16.7. The maximum Gasteiger partial charge on any atom is 0.352 e. The lowest BCUT2D eigenvalue weighted by Crippen LogP contribution is -2.27. The number of fused-ring (bicyclic) bond motifs is 1. The summed E-state index contributed by atoms with van der Waals surface area (Å²) < 4.78 is 10.5. The van der Waals surface area contributed by atoms with E-state index in [2.05, 4.69) is 5.32 Å². The maximum absolute atomic E-state index is 12.2. The monoisotopic (exact) mass is 325 g/mol. The lowest BCUT2D eigenvalue weighted by atomic mass is 10.1. The van der Waals surface area contributed by atoms with Crippen LogP contribution in [0.5, 0.6) is 11.5 Å². The number of benzene rings is 2. The molecule has 2 aromatic carbocycles. The maximum atomic E-state index is 12.2. The number of rotatable bonds is 4. The van der Waals surface area contributed by atoms with Crippen LogP contribution in [0.15, 0.2) is 48.2 Å². The molecule has 0 bridgehead atoms. The van der Waals surface area contributed by atoms with Gasteiger partial charge in [-0.25, -0.2) is 4.79 Å². The Balaban J connectivity index is 1.83. The van der Waals surface area contributed by atoms with Gasteiger partial charge in [0.15, 0.2) is 11.5 Å². The van der Waals surface area contributed by atoms with Crippen molar-refractivity contribution in [3.8, 4) is 11.5 Å². The van der Waals surface area contributed by atoms with Gasteiger partial charge in [0.05, 0.1) is 0 Å². The Morgan fingerprint density at radius 3 is 2.50 bits per heavy atom. The van der Waals surface area contributed by atoms with Gasteiger partial charge in [-0.15, -0.1) is 0 Å². The predicted molar refractivity (Wildman–Crippen MR) is 86.8 cm³/mol. The smallest absolute Gasteiger partial charge is 0.352 e. The van der Waals surface area contributed by atoms with Gasteiger partial charge in [-0.2, -0.15) is 0 Å². The zero-order valence-corrected chi connectivity index (χ0v) is 12.9. The van der Waals surface area contributed by atoms with Crippen molar-refractivity contribution in [2.45, 2.75) is 6.92 Å². The van der Waals surface area contributed by atoms with Crippen molar-refractivity contribution in [3.63, 3.8) is 0 Å². The van der Waals surface area contributed by atoms with Crippen LogP contribution in [-0.2, 0) is 4.79 Å². The van der Waals surface area contributed by atoms with E-state index >= 15 is 0 Å². The number of hydrogen-bond donors (Lipinski definition) is 2. The molecule has 0 radical (unpaired) electrons. The van der Waals surface area contributed by atoms with Crippen molar-refractivity contribution in [1.82, 2.24) is 5.32 Å². The number of carbonyl (C=O) groups excluding carboxylic acids is 1. The molecule has 3 rings (SSSR count). The summed E-state index contributed by atoms with van der Waals surface area (Å²) in [5.41, 5.74) is 1.76. The van der Waals surface area contributed by atoms with Crippen LogP contribution >= 0.6 is 0 Å². The fourth-order valence-corrected chi connectivity index (χ4v) is 2.22. The second-order valence-corrected chi connectivity index (χ2v) is 5.30. The van der Waals surface area contributed by atoms with Gasteiger partial charge in [-0.05, 0) is 42.8 Å².